The van der Waals surface area contributed by atoms with Gasteiger partial charge in [-0.2, -0.15) is 13.2 Å². The minimum Gasteiger partial charge on any atom is -0.378 e. The molecule has 1 saturated heterocycles. The Morgan fingerprint density at radius 2 is 1.86 bits per heavy atom. The molecule has 4 rings (SSSR count). The van der Waals surface area contributed by atoms with Gasteiger partial charge in [0.15, 0.2) is 11.2 Å². The largest absolute Gasteiger partial charge is 0.416 e. The highest BCUT2D eigenvalue weighted by Crippen LogP contribution is 2.35. The molecular weight excluding hydrogens is 469 g/mol. The third-order valence-electron chi connectivity index (χ3n) is 5.97. The van der Waals surface area contributed by atoms with E-state index in [4.69, 9.17) is 4.74 Å². The topological polar surface area (TPSA) is 103 Å². The number of benzene rings is 1. The Kier molecular flexibility index (Phi) is 6.70. The molecule has 3 heterocycles. The van der Waals surface area contributed by atoms with Gasteiger partial charge in [-0.05, 0) is 24.6 Å². The predicted molar refractivity (Wildman–Crippen MR) is 123 cm³/mol. The van der Waals surface area contributed by atoms with Crippen molar-refractivity contribution in [2.24, 2.45) is 14.1 Å². The van der Waals surface area contributed by atoms with Gasteiger partial charge in [0, 0.05) is 40.2 Å². The SMILES string of the molecule is Cn1c(=O)c2c(ncn2CCCC(=O)Nc2cc(C(F)(F)F)ccc2N2CCOCC2)n(C)c1=O. The zero-order chi connectivity index (χ0) is 25.3. The van der Waals surface area contributed by atoms with E-state index in [0.29, 0.717) is 38.4 Å². The molecule has 1 fully saturated rings. The Bertz CT molecular complexity index is 1370. The van der Waals surface area contributed by atoms with Gasteiger partial charge >= 0.3 is 11.9 Å². The molecule has 1 aromatic carbocycles. The summed E-state index contributed by atoms with van der Waals surface area (Å²) in [5, 5.41) is 2.62. The zero-order valence-corrected chi connectivity index (χ0v) is 19.3. The number of imidazole rings is 1. The number of aryl methyl sites for hydroxylation is 2. The number of carbonyl (C=O) groups is 1. The molecular formula is C22H25F3N6O4. The second-order valence-corrected chi connectivity index (χ2v) is 8.30. The van der Waals surface area contributed by atoms with E-state index < -0.39 is 28.9 Å². The molecule has 35 heavy (non-hydrogen) atoms. The summed E-state index contributed by atoms with van der Waals surface area (Å²) in [6, 6.07) is 3.30. The van der Waals surface area contributed by atoms with Crippen molar-refractivity contribution < 1.29 is 22.7 Å². The third-order valence-corrected chi connectivity index (χ3v) is 5.97. The number of hydrogen-bond donors (Lipinski definition) is 1. The van der Waals surface area contributed by atoms with E-state index in [2.05, 4.69) is 10.3 Å². The number of rotatable bonds is 6. The average Bonchev–Trinajstić information content (AvgIpc) is 3.25. The van der Waals surface area contributed by atoms with E-state index in [-0.39, 0.29) is 29.8 Å². The smallest absolute Gasteiger partial charge is 0.378 e. The van der Waals surface area contributed by atoms with Gasteiger partial charge in [0.2, 0.25) is 5.91 Å². The summed E-state index contributed by atoms with van der Waals surface area (Å²) in [5.41, 5.74) is -0.780. The Hall–Kier alpha value is -3.61. The summed E-state index contributed by atoms with van der Waals surface area (Å²) >= 11 is 0. The molecule has 0 unspecified atom stereocenters. The number of fused-ring (bicyclic) bond motifs is 1. The summed E-state index contributed by atoms with van der Waals surface area (Å²) in [7, 11) is 2.88. The first kappa shape index (κ1) is 24.5. The van der Waals surface area contributed by atoms with Crippen molar-refractivity contribution in [3.05, 3.63) is 50.9 Å². The van der Waals surface area contributed by atoms with Crippen molar-refractivity contribution in [1.82, 2.24) is 18.7 Å². The first-order valence-electron chi connectivity index (χ1n) is 11.0. The molecule has 188 valence electrons. The highest BCUT2D eigenvalue weighted by Gasteiger charge is 2.32. The van der Waals surface area contributed by atoms with Gasteiger partial charge in [-0.1, -0.05) is 0 Å². The second-order valence-electron chi connectivity index (χ2n) is 8.30. The lowest BCUT2D eigenvalue weighted by molar-refractivity contribution is -0.137. The van der Waals surface area contributed by atoms with Crippen LogP contribution in [-0.4, -0.2) is 50.9 Å². The van der Waals surface area contributed by atoms with E-state index >= 15 is 0 Å². The number of carbonyl (C=O) groups excluding carboxylic acids is 1. The van der Waals surface area contributed by atoms with Crippen LogP contribution in [0.5, 0.6) is 0 Å². The maximum absolute atomic E-state index is 13.3. The Balaban J connectivity index is 1.49. The molecule has 0 atom stereocenters. The van der Waals surface area contributed by atoms with Gasteiger partial charge in [-0.3, -0.25) is 18.7 Å². The van der Waals surface area contributed by atoms with E-state index in [0.717, 1.165) is 16.7 Å². The number of halogens is 3. The van der Waals surface area contributed by atoms with Crippen molar-refractivity contribution in [2.75, 3.05) is 36.5 Å². The van der Waals surface area contributed by atoms with E-state index in [1.807, 2.05) is 4.90 Å². The van der Waals surface area contributed by atoms with Crippen LogP contribution >= 0.6 is 0 Å². The Morgan fingerprint density at radius 3 is 2.54 bits per heavy atom. The fraction of sp³-hybridized carbons (Fsp3) is 0.455. The average molecular weight is 494 g/mol. The van der Waals surface area contributed by atoms with Crippen LogP contribution in [0.1, 0.15) is 18.4 Å². The van der Waals surface area contributed by atoms with E-state index in [1.165, 1.54) is 31.1 Å². The number of amides is 1. The van der Waals surface area contributed by atoms with Crippen LogP contribution in [-0.2, 0) is 36.3 Å². The van der Waals surface area contributed by atoms with E-state index in [9.17, 15) is 27.6 Å². The molecule has 0 bridgehead atoms. The molecule has 1 aliphatic rings. The lowest BCUT2D eigenvalue weighted by Gasteiger charge is -2.31. The van der Waals surface area contributed by atoms with Crippen LogP contribution in [0.2, 0.25) is 0 Å². The first-order valence-corrected chi connectivity index (χ1v) is 11.0. The van der Waals surface area contributed by atoms with Gasteiger partial charge in [-0.15, -0.1) is 0 Å². The van der Waals surface area contributed by atoms with Crippen LogP contribution in [0.3, 0.4) is 0 Å². The number of nitrogens with zero attached hydrogens (tertiary/aromatic N) is 5. The standard InChI is InChI=1S/C22H25F3N6O4/c1-28-19-18(20(33)29(2)21(28)34)31(13-26-19)7-3-4-17(32)27-15-12-14(22(23,24)25)5-6-16(15)30-8-10-35-11-9-30/h5-6,12-13H,3-4,7-11H2,1-2H3,(H,27,32). The predicted octanol–water partition coefficient (Wildman–Crippen LogP) is 1.71. The van der Waals surface area contributed by atoms with Gasteiger partial charge < -0.3 is 19.5 Å². The van der Waals surface area contributed by atoms with Crippen molar-refractivity contribution in [3.63, 3.8) is 0 Å². The van der Waals surface area contributed by atoms with Crippen molar-refractivity contribution in [3.8, 4) is 0 Å². The molecule has 1 amide bonds. The summed E-state index contributed by atoms with van der Waals surface area (Å²) < 4.78 is 49.0. The number of ether oxygens (including phenoxy) is 1. The highest BCUT2D eigenvalue weighted by atomic mass is 19.4. The number of alkyl halides is 3. The monoisotopic (exact) mass is 494 g/mol. The van der Waals surface area contributed by atoms with Crippen LogP contribution in [0.25, 0.3) is 11.2 Å². The fourth-order valence-electron chi connectivity index (χ4n) is 4.08. The molecule has 10 nitrogen and oxygen atoms in total. The number of anilines is 2. The van der Waals surface area contributed by atoms with Gasteiger partial charge in [-0.25, -0.2) is 9.78 Å². The quantitative estimate of drug-likeness (QED) is 0.560. The lowest BCUT2D eigenvalue weighted by atomic mass is 10.1. The number of aromatic nitrogens is 4. The van der Waals surface area contributed by atoms with Crippen molar-refractivity contribution in [1.29, 1.82) is 0 Å². The highest BCUT2D eigenvalue weighted by molar-refractivity contribution is 5.94. The molecule has 0 radical (unpaired) electrons. The Morgan fingerprint density at radius 1 is 1.14 bits per heavy atom. The summed E-state index contributed by atoms with van der Waals surface area (Å²) in [6.45, 7) is 2.14. The maximum atomic E-state index is 13.3. The molecule has 2 aromatic heterocycles. The molecule has 3 aromatic rings. The second kappa shape index (κ2) is 9.56. The number of morpholine rings is 1. The van der Waals surface area contributed by atoms with Crippen molar-refractivity contribution in [2.45, 2.75) is 25.6 Å². The maximum Gasteiger partial charge on any atom is 0.416 e. The first-order chi connectivity index (χ1) is 16.6. The molecule has 0 saturated carbocycles. The Labute approximate surface area is 197 Å². The van der Waals surface area contributed by atoms with Gasteiger partial charge in [0.1, 0.15) is 0 Å². The minimum atomic E-state index is -4.54. The summed E-state index contributed by atoms with van der Waals surface area (Å²) in [5.74, 6) is -0.455. The molecule has 1 N–H and O–H groups in total. The lowest BCUT2D eigenvalue weighted by Crippen LogP contribution is -2.37. The van der Waals surface area contributed by atoms with Gasteiger partial charge in [0.25, 0.3) is 5.56 Å². The number of hydrogen-bond acceptors (Lipinski definition) is 6. The van der Waals surface area contributed by atoms with Crippen molar-refractivity contribution >= 4 is 28.4 Å². The number of nitrogens with one attached hydrogen (secondary N) is 1. The minimum absolute atomic E-state index is 0.00451. The molecule has 0 aliphatic carbocycles. The van der Waals surface area contributed by atoms with Crippen LogP contribution in [0.4, 0.5) is 24.5 Å². The van der Waals surface area contributed by atoms with Crippen LogP contribution in [0.15, 0.2) is 34.1 Å². The molecule has 1 aliphatic heterocycles. The van der Waals surface area contributed by atoms with Gasteiger partial charge in [0.05, 0.1) is 36.5 Å². The van der Waals surface area contributed by atoms with Crippen LogP contribution in [0, 0.1) is 0 Å². The van der Waals surface area contributed by atoms with Crippen LogP contribution < -0.4 is 21.5 Å². The summed E-state index contributed by atoms with van der Waals surface area (Å²) in [6.07, 6.45) is -2.82. The fourth-order valence-corrected chi connectivity index (χ4v) is 4.08. The molecule has 0 spiro atoms. The molecule has 13 heteroatoms. The summed E-state index contributed by atoms with van der Waals surface area (Å²) in [4.78, 5) is 43.2. The zero-order valence-electron chi connectivity index (χ0n) is 19.3. The third kappa shape index (κ3) is 4.94. The van der Waals surface area contributed by atoms with E-state index in [1.54, 1.807) is 4.57 Å². The normalized spacial score (nSPS) is 14.5.